The predicted octanol–water partition coefficient (Wildman–Crippen LogP) is 3.66. The lowest BCUT2D eigenvalue weighted by atomic mass is 9.93. The minimum absolute atomic E-state index is 0.0989. The van der Waals surface area contributed by atoms with E-state index in [1.165, 1.54) is 0 Å². The van der Waals surface area contributed by atoms with E-state index in [9.17, 15) is 4.79 Å². The van der Waals surface area contributed by atoms with Crippen LogP contribution < -0.4 is 5.73 Å². The molecule has 1 aliphatic rings. The molecule has 23 heavy (non-hydrogen) atoms. The van der Waals surface area contributed by atoms with Gasteiger partial charge in [0.1, 0.15) is 0 Å². The second kappa shape index (κ2) is 6.35. The number of anilines is 1. The van der Waals surface area contributed by atoms with Crippen molar-refractivity contribution < 1.29 is 9.32 Å². The first-order valence-corrected chi connectivity index (χ1v) is 8.53. The van der Waals surface area contributed by atoms with E-state index >= 15 is 0 Å². The molecule has 2 heterocycles. The van der Waals surface area contributed by atoms with E-state index < -0.39 is 0 Å². The number of nitrogen functional groups attached to an aromatic ring is 1. The number of halogens is 1. The highest BCUT2D eigenvalue weighted by Crippen LogP contribution is 2.29. The van der Waals surface area contributed by atoms with Crippen molar-refractivity contribution in [2.45, 2.75) is 32.6 Å². The molecule has 0 unspecified atom stereocenters. The van der Waals surface area contributed by atoms with E-state index in [0.29, 0.717) is 11.8 Å². The number of nitrogens with two attached hydrogens (primary N) is 1. The van der Waals surface area contributed by atoms with Gasteiger partial charge in [-0.05, 0) is 49.9 Å². The Balaban J connectivity index is 1.69. The summed E-state index contributed by atoms with van der Waals surface area (Å²) in [5.74, 6) is 0.759. The summed E-state index contributed by atoms with van der Waals surface area (Å²) in [6.45, 7) is 5.47. The maximum atomic E-state index is 12.7. The summed E-state index contributed by atoms with van der Waals surface area (Å²) in [6, 6.07) is 5.68. The Labute approximate surface area is 143 Å². The zero-order chi connectivity index (χ0) is 16.6. The average molecular weight is 378 g/mol. The predicted molar refractivity (Wildman–Crippen MR) is 92.4 cm³/mol. The van der Waals surface area contributed by atoms with Crippen LogP contribution >= 0.6 is 15.9 Å². The Kier molecular flexibility index (Phi) is 4.43. The van der Waals surface area contributed by atoms with Crippen LogP contribution in [0.2, 0.25) is 0 Å². The summed E-state index contributed by atoms with van der Waals surface area (Å²) in [5.41, 5.74) is 9.40. The van der Waals surface area contributed by atoms with Crippen molar-refractivity contribution in [1.29, 1.82) is 0 Å². The number of hydrogen-bond acceptors (Lipinski definition) is 4. The number of hydrogen-bond donors (Lipinski definition) is 1. The number of carbonyl (C=O) groups excluding carboxylic acids is 1. The number of rotatable bonds is 2. The molecule has 122 valence electrons. The highest BCUT2D eigenvalue weighted by Gasteiger charge is 2.26. The monoisotopic (exact) mass is 377 g/mol. The molecule has 0 saturated carbocycles. The number of nitrogens with zero attached hydrogens (tertiary/aromatic N) is 2. The zero-order valence-electron chi connectivity index (χ0n) is 13.3. The summed E-state index contributed by atoms with van der Waals surface area (Å²) < 4.78 is 6.01. The number of piperidine rings is 1. The second-order valence-corrected chi connectivity index (χ2v) is 6.94. The number of likely N-dealkylation sites (tertiary alicyclic amines) is 1. The zero-order valence-corrected chi connectivity index (χ0v) is 14.9. The Morgan fingerprint density at radius 2 is 1.87 bits per heavy atom. The van der Waals surface area contributed by atoms with E-state index in [-0.39, 0.29) is 5.91 Å². The fourth-order valence-corrected chi connectivity index (χ4v) is 3.36. The van der Waals surface area contributed by atoms with E-state index in [4.69, 9.17) is 10.3 Å². The van der Waals surface area contributed by atoms with Gasteiger partial charge in [-0.25, -0.2) is 0 Å². The van der Waals surface area contributed by atoms with Crippen LogP contribution in [0, 0.1) is 13.8 Å². The maximum absolute atomic E-state index is 12.7. The molecule has 0 spiro atoms. The largest absolute Gasteiger partial charge is 0.368 e. The standard InChI is InChI=1S/C17H20BrN3O2/c1-10-7-13(8-11(2)16(10)18)17(22)21-5-3-12(4-6-21)14-9-15(19)23-20-14/h7-9,12H,3-6,19H2,1-2H3. The lowest BCUT2D eigenvalue weighted by Gasteiger charge is -2.31. The first-order valence-electron chi connectivity index (χ1n) is 7.74. The van der Waals surface area contributed by atoms with E-state index in [0.717, 1.165) is 52.8 Å². The summed E-state index contributed by atoms with van der Waals surface area (Å²) >= 11 is 3.54. The SMILES string of the molecule is Cc1cc(C(=O)N2CCC(c3cc(N)on3)CC2)cc(C)c1Br. The van der Waals surface area contributed by atoms with Crippen molar-refractivity contribution in [3.8, 4) is 0 Å². The van der Waals surface area contributed by atoms with Crippen LogP contribution in [-0.2, 0) is 0 Å². The average Bonchev–Trinajstić information content (AvgIpc) is 2.98. The lowest BCUT2D eigenvalue weighted by Crippen LogP contribution is -2.38. The minimum Gasteiger partial charge on any atom is -0.368 e. The van der Waals surface area contributed by atoms with Gasteiger partial charge in [0.25, 0.3) is 5.91 Å². The molecule has 2 aromatic rings. The maximum Gasteiger partial charge on any atom is 0.253 e. The molecule has 2 N–H and O–H groups in total. The van der Waals surface area contributed by atoms with Gasteiger partial charge in [0, 0.05) is 35.1 Å². The molecule has 0 bridgehead atoms. The smallest absolute Gasteiger partial charge is 0.253 e. The quantitative estimate of drug-likeness (QED) is 0.866. The molecule has 1 saturated heterocycles. The van der Waals surface area contributed by atoms with E-state index in [1.54, 1.807) is 6.07 Å². The highest BCUT2D eigenvalue weighted by molar-refractivity contribution is 9.10. The van der Waals surface area contributed by atoms with Crippen LogP contribution in [0.1, 0.15) is 45.9 Å². The fraction of sp³-hybridized carbons (Fsp3) is 0.412. The number of carbonyl (C=O) groups is 1. The van der Waals surface area contributed by atoms with Crippen LogP contribution in [-0.4, -0.2) is 29.1 Å². The third-order valence-corrected chi connectivity index (χ3v) is 5.68. The van der Waals surface area contributed by atoms with Crippen molar-refractivity contribution in [3.63, 3.8) is 0 Å². The van der Waals surface area contributed by atoms with Gasteiger partial charge in [0.05, 0.1) is 5.69 Å². The molecular formula is C17H20BrN3O2. The van der Waals surface area contributed by atoms with E-state index in [1.807, 2.05) is 30.9 Å². The Hall–Kier alpha value is -1.82. The Morgan fingerprint density at radius 1 is 1.26 bits per heavy atom. The summed E-state index contributed by atoms with van der Waals surface area (Å²) in [7, 11) is 0. The van der Waals surface area contributed by atoms with Crippen LogP contribution in [0.4, 0.5) is 5.88 Å². The second-order valence-electron chi connectivity index (χ2n) is 6.14. The van der Waals surface area contributed by atoms with Gasteiger partial charge in [-0.15, -0.1) is 0 Å². The van der Waals surface area contributed by atoms with Crippen molar-refractivity contribution >= 4 is 27.7 Å². The first kappa shape index (κ1) is 16.1. The van der Waals surface area contributed by atoms with Crippen LogP contribution in [0.3, 0.4) is 0 Å². The highest BCUT2D eigenvalue weighted by atomic mass is 79.9. The summed E-state index contributed by atoms with van der Waals surface area (Å²) in [4.78, 5) is 14.6. The van der Waals surface area contributed by atoms with Crippen LogP contribution in [0.15, 0.2) is 27.2 Å². The fourth-order valence-electron chi connectivity index (χ4n) is 3.13. The van der Waals surface area contributed by atoms with E-state index in [2.05, 4.69) is 21.1 Å². The Bertz CT molecular complexity index is 710. The summed E-state index contributed by atoms with van der Waals surface area (Å²) in [5, 5.41) is 3.99. The molecule has 0 radical (unpaired) electrons. The van der Waals surface area contributed by atoms with Gasteiger partial charge >= 0.3 is 0 Å². The molecule has 1 fully saturated rings. The lowest BCUT2D eigenvalue weighted by molar-refractivity contribution is 0.0711. The third-order valence-electron chi connectivity index (χ3n) is 4.43. The third kappa shape index (κ3) is 3.27. The van der Waals surface area contributed by atoms with Crippen molar-refractivity contribution in [3.05, 3.63) is 45.1 Å². The topological polar surface area (TPSA) is 72.4 Å². The molecule has 6 heteroatoms. The number of aryl methyl sites for hydroxylation is 2. The van der Waals surface area contributed by atoms with Crippen molar-refractivity contribution in [2.24, 2.45) is 0 Å². The van der Waals surface area contributed by atoms with Gasteiger partial charge < -0.3 is 15.2 Å². The molecule has 0 atom stereocenters. The molecule has 1 aromatic carbocycles. The molecule has 1 aliphatic heterocycles. The normalized spacial score (nSPS) is 15.9. The van der Waals surface area contributed by atoms with Gasteiger partial charge in [0.2, 0.25) is 5.88 Å². The number of benzene rings is 1. The van der Waals surface area contributed by atoms with Crippen molar-refractivity contribution in [2.75, 3.05) is 18.8 Å². The molecule has 1 amide bonds. The molecule has 0 aliphatic carbocycles. The van der Waals surface area contributed by atoms with Crippen LogP contribution in [0.25, 0.3) is 0 Å². The number of aromatic nitrogens is 1. The molecular weight excluding hydrogens is 358 g/mol. The van der Waals surface area contributed by atoms with Gasteiger partial charge in [0.15, 0.2) is 0 Å². The molecule has 3 rings (SSSR count). The molecule has 1 aromatic heterocycles. The first-order chi connectivity index (χ1) is 11.0. The summed E-state index contributed by atoms with van der Waals surface area (Å²) in [6.07, 6.45) is 1.76. The van der Waals surface area contributed by atoms with Gasteiger partial charge in [-0.1, -0.05) is 21.1 Å². The molecule has 5 nitrogen and oxygen atoms in total. The van der Waals surface area contributed by atoms with Gasteiger partial charge in [-0.2, -0.15) is 0 Å². The van der Waals surface area contributed by atoms with Crippen LogP contribution in [0.5, 0.6) is 0 Å². The minimum atomic E-state index is 0.0989. The Morgan fingerprint density at radius 3 is 2.39 bits per heavy atom. The van der Waals surface area contributed by atoms with Crippen molar-refractivity contribution in [1.82, 2.24) is 10.1 Å². The van der Waals surface area contributed by atoms with Gasteiger partial charge in [-0.3, -0.25) is 4.79 Å². The number of amides is 1.